The van der Waals surface area contributed by atoms with Gasteiger partial charge < -0.3 is 4.74 Å². The maximum absolute atomic E-state index is 11.2. The molecule has 0 unspecified atom stereocenters. The van der Waals surface area contributed by atoms with Gasteiger partial charge in [0.15, 0.2) is 0 Å². The molecule has 0 spiro atoms. The summed E-state index contributed by atoms with van der Waals surface area (Å²) in [6.45, 7) is 0. The number of nitrogens with zero attached hydrogens (tertiary/aromatic N) is 5. The molecule has 144 valence electrons. The van der Waals surface area contributed by atoms with Crippen LogP contribution in [0, 0.1) is 50.6 Å². The molecule has 16 nitrogen and oxygen atoms in total. The molecule has 0 bridgehead atoms. The van der Waals surface area contributed by atoms with Gasteiger partial charge in [-0.1, -0.05) is 0 Å². The highest BCUT2D eigenvalue weighted by molar-refractivity contribution is 5.68. The third-order valence-corrected chi connectivity index (χ3v) is 3.20. The van der Waals surface area contributed by atoms with Gasteiger partial charge in [-0.2, -0.15) is 0 Å². The quantitative estimate of drug-likeness (QED) is 0.488. The van der Waals surface area contributed by atoms with E-state index < -0.39 is 64.6 Å². The van der Waals surface area contributed by atoms with Crippen LogP contribution in [0.1, 0.15) is 0 Å². The summed E-state index contributed by atoms with van der Waals surface area (Å²) in [6.07, 6.45) is 0. The van der Waals surface area contributed by atoms with Crippen molar-refractivity contribution in [2.75, 3.05) is 0 Å². The Hall–Kier alpha value is -4.76. The topological polar surface area (TPSA) is 225 Å². The van der Waals surface area contributed by atoms with E-state index in [-0.39, 0.29) is 0 Å². The second-order valence-electron chi connectivity index (χ2n) is 4.85. The van der Waals surface area contributed by atoms with Crippen LogP contribution >= 0.6 is 0 Å². The standard InChI is InChI=1S/C12H5N5O11/c18-13(19)6-1-2-11(8(3-6)15(22)23)28-12-9(16(24)25)4-7(14(20)21)5-10(12)17(26)27/h1-5H. The highest BCUT2D eigenvalue weighted by Crippen LogP contribution is 2.45. The van der Waals surface area contributed by atoms with Crippen LogP contribution in [0.3, 0.4) is 0 Å². The normalized spacial score (nSPS) is 10.1. The Kier molecular flexibility index (Phi) is 5.05. The predicted octanol–water partition coefficient (Wildman–Crippen LogP) is 3.02. The Bertz CT molecular complexity index is 1020. The Balaban J connectivity index is 2.74. The van der Waals surface area contributed by atoms with Crippen LogP contribution in [0.15, 0.2) is 30.3 Å². The minimum absolute atomic E-state index is 0.375. The maximum atomic E-state index is 11.2. The summed E-state index contributed by atoms with van der Waals surface area (Å²) in [5, 5.41) is 55.0. The number of non-ortho nitro benzene ring substituents is 2. The summed E-state index contributed by atoms with van der Waals surface area (Å²) in [7, 11) is 0. The molecule has 2 aromatic carbocycles. The molecule has 2 rings (SSSR count). The molecular formula is C12H5N5O11. The molecule has 0 heterocycles. The first kappa shape index (κ1) is 19.6. The highest BCUT2D eigenvalue weighted by Gasteiger charge is 2.34. The zero-order valence-electron chi connectivity index (χ0n) is 13.1. The highest BCUT2D eigenvalue weighted by atomic mass is 16.7. The SMILES string of the molecule is O=[N+]([O-])c1ccc(Oc2c([N+](=O)[O-])cc([N+](=O)[O-])cc2[N+](=O)[O-])c([N+](=O)[O-])c1. The summed E-state index contributed by atoms with van der Waals surface area (Å²) in [6, 6.07) is 2.72. The molecule has 0 amide bonds. The van der Waals surface area contributed by atoms with Gasteiger partial charge in [-0.15, -0.1) is 0 Å². The van der Waals surface area contributed by atoms with Gasteiger partial charge in [0.2, 0.25) is 5.75 Å². The first-order valence-corrected chi connectivity index (χ1v) is 6.74. The molecule has 0 aliphatic heterocycles. The molecule has 0 radical (unpaired) electrons. The van der Waals surface area contributed by atoms with Gasteiger partial charge in [-0.3, -0.25) is 50.6 Å². The monoisotopic (exact) mass is 395 g/mol. The van der Waals surface area contributed by atoms with E-state index in [1.165, 1.54) is 0 Å². The van der Waals surface area contributed by atoms with Crippen LogP contribution in [-0.4, -0.2) is 24.6 Å². The fraction of sp³-hybridized carbons (Fsp3) is 0. The summed E-state index contributed by atoms with van der Waals surface area (Å²) in [5.74, 6) is -1.90. The molecule has 0 fully saturated rings. The van der Waals surface area contributed by atoms with Crippen molar-refractivity contribution in [1.29, 1.82) is 0 Å². The largest absolute Gasteiger partial charge is 0.437 e. The van der Waals surface area contributed by atoms with Crippen molar-refractivity contribution >= 4 is 28.4 Å². The summed E-state index contributed by atoms with van der Waals surface area (Å²) in [4.78, 5) is 49.4. The van der Waals surface area contributed by atoms with E-state index in [0.717, 1.165) is 6.07 Å². The van der Waals surface area contributed by atoms with Crippen molar-refractivity contribution in [1.82, 2.24) is 0 Å². The molecule has 0 N–H and O–H groups in total. The van der Waals surface area contributed by atoms with Gasteiger partial charge >= 0.3 is 17.1 Å². The van der Waals surface area contributed by atoms with Gasteiger partial charge in [-0.05, 0) is 6.07 Å². The lowest BCUT2D eigenvalue weighted by Gasteiger charge is -2.07. The van der Waals surface area contributed by atoms with Gasteiger partial charge in [0.25, 0.3) is 17.1 Å². The molecule has 0 aliphatic carbocycles. The molecule has 0 aliphatic rings. The van der Waals surface area contributed by atoms with Crippen molar-refractivity contribution in [3.8, 4) is 11.5 Å². The van der Waals surface area contributed by atoms with Gasteiger partial charge in [0.1, 0.15) is 0 Å². The average Bonchev–Trinajstić information content (AvgIpc) is 2.60. The van der Waals surface area contributed by atoms with E-state index in [0.29, 0.717) is 24.3 Å². The lowest BCUT2D eigenvalue weighted by atomic mass is 10.2. The molecule has 2 aromatic rings. The zero-order valence-corrected chi connectivity index (χ0v) is 13.1. The van der Waals surface area contributed by atoms with Gasteiger partial charge in [0.05, 0.1) is 42.8 Å². The summed E-state index contributed by atoms with van der Waals surface area (Å²) >= 11 is 0. The van der Waals surface area contributed by atoms with Crippen LogP contribution in [0.25, 0.3) is 0 Å². The summed E-state index contributed by atoms with van der Waals surface area (Å²) in [5.41, 5.74) is -5.09. The van der Waals surface area contributed by atoms with E-state index in [1.807, 2.05) is 0 Å². The first-order chi connectivity index (χ1) is 13.0. The van der Waals surface area contributed by atoms with Crippen molar-refractivity contribution in [3.05, 3.63) is 80.9 Å². The fourth-order valence-electron chi connectivity index (χ4n) is 2.02. The number of benzene rings is 2. The number of ether oxygens (including phenoxy) is 1. The Morgan fingerprint density at radius 3 is 1.39 bits per heavy atom. The van der Waals surface area contributed by atoms with Crippen LogP contribution in [0.5, 0.6) is 11.5 Å². The van der Waals surface area contributed by atoms with E-state index in [2.05, 4.69) is 0 Å². The smallest absolute Gasteiger partial charge is 0.325 e. The minimum Gasteiger partial charge on any atom is -0.437 e. The molecule has 0 saturated heterocycles. The van der Waals surface area contributed by atoms with Crippen LogP contribution in [0.4, 0.5) is 28.4 Å². The van der Waals surface area contributed by atoms with Crippen molar-refractivity contribution in [3.63, 3.8) is 0 Å². The molecular weight excluding hydrogens is 390 g/mol. The van der Waals surface area contributed by atoms with Crippen LogP contribution in [0.2, 0.25) is 0 Å². The predicted molar refractivity (Wildman–Crippen MR) is 86.2 cm³/mol. The van der Waals surface area contributed by atoms with Crippen LogP contribution in [-0.2, 0) is 0 Å². The number of rotatable bonds is 7. The zero-order chi connectivity index (χ0) is 21.2. The number of nitro groups is 5. The molecule has 0 saturated carbocycles. The van der Waals surface area contributed by atoms with Gasteiger partial charge in [-0.25, -0.2) is 0 Å². The van der Waals surface area contributed by atoms with E-state index >= 15 is 0 Å². The number of hydrogen-bond donors (Lipinski definition) is 0. The minimum atomic E-state index is -1.22. The van der Waals surface area contributed by atoms with E-state index in [4.69, 9.17) is 4.74 Å². The lowest BCUT2D eigenvalue weighted by Crippen LogP contribution is -2.02. The maximum Gasteiger partial charge on any atom is 0.325 e. The van der Waals surface area contributed by atoms with Gasteiger partial charge in [0, 0.05) is 6.07 Å². The first-order valence-electron chi connectivity index (χ1n) is 6.74. The Labute approximate surface area is 151 Å². The summed E-state index contributed by atoms with van der Waals surface area (Å²) < 4.78 is 4.95. The molecule has 16 heteroatoms. The van der Waals surface area contributed by atoms with Crippen molar-refractivity contribution in [2.45, 2.75) is 0 Å². The third kappa shape index (κ3) is 3.74. The average molecular weight is 395 g/mol. The third-order valence-electron chi connectivity index (χ3n) is 3.20. The van der Waals surface area contributed by atoms with Crippen molar-refractivity contribution in [2.24, 2.45) is 0 Å². The number of nitro benzene ring substituents is 5. The molecule has 0 atom stereocenters. The second-order valence-corrected chi connectivity index (χ2v) is 4.85. The molecule has 0 aromatic heterocycles. The van der Waals surface area contributed by atoms with E-state index in [9.17, 15) is 50.6 Å². The van der Waals surface area contributed by atoms with Crippen molar-refractivity contribution < 1.29 is 29.4 Å². The molecule has 28 heavy (non-hydrogen) atoms. The fourth-order valence-corrected chi connectivity index (χ4v) is 2.02. The lowest BCUT2D eigenvalue weighted by molar-refractivity contribution is -0.404. The van der Waals surface area contributed by atoms with E-state index in [1.54, 1.807) is 0 Å². The Morgan fingerprint density at radius 1 is 0.571 bits per heavy atom. The Morgan fingerprint density at radius 2 is 1.00 bits per heavy atom. The van der Waals surface area contributed by atoms with Crippen LogP contribution < -0.4 is 4.74 Å². The number of hydrogen-bond acceptors (Lipinski definition) is 11. The second kappa shape index (κ2) is 7.23.